The van der Waals surface area contributed by atoms with Gasteiger partial charge in [0.25, 0.3) is 0 Å². The first-order chi connectivity index (χ1) is 9.52. The van der Waals surface area contributed by atoms with Crippen LogP contribution in [-0.4, -0.2) is 13.1 Å². The molecule has 0 bridgehead atoms. The van der Waals surface area contributed by atoms with Crippen molar-refractivity contribution in [1.82, 2.24) is 0 Å². The number of ether oxygens (including phenoxy) is 1. The lowest BCUT2D eigenvalue weighted by atomic mass is 9.98. The zero-order valence-corrected chi connectivity index (χ0v) is 14.5. The van der Waals surface area contributed by atoms with Crippen LogP contribution in [0.15, 0.2) is 42.5 Å². The molecule has 0 heterocycles. The van der Waals surface area contributed by atoms with Crippen molar-refractivity contribution in [3.05, 3.63) is 58.6 Å². The molecule has 0 aromatic heterocycles. The van der Waals surface area contributed by atoms with Crippen molar-refractivity contribution in [2.45, 2.75) is 3.74 Å². The summed E-state index contributed by atoms with van der Waals surface area (Å²) in [5, 5.41) is 0.690. The van der Waals surface area contributed by atoms with E-state index in [1.807, 2.05) is 36.4 Å². The third kappa shape index (κ3) is 3.43. The molecule has 0 amide bonds. The summed E-state index contributed by atoms with van der Waals surface area (Å²) in [5.74, 6) is -0.352. The summed E-state index contributed by atoms with van der Waals surface area (Å²) in [6.07, 6.45) is 0. The van der Waals surface area contributed by atoms with Gasteiger partial charge < -0.3 is 4.74 Å². The van der Waals surface area contributed by atoms with Crippen molar-refractivity contribution < 1.29 is 9.53 Å². The number of esters is 1. The van der Waals surface area contributed by atoms with Crippen LogP contribution in [0.5, 0.6) is 0 Å². The van der Waals surface area contributed by atoms with Gasteiger partial charge in [0.05, 0.1) is 16.4 Å². The number of rotatable bonds is 3. The van der Waals surface area contributed by atoms with Gasteiger partial charge in [0, 0.05) is 5.02 Å². The lowest BCUT2D eigenvalue weighted by Crippen LogP contribution is -2.02. The SMILES string of the molecule is COC(=O)c1ccc(-c2ccc(Cl)cc2)c(C(Br)Br)c1. The average molecular weight is 419 g/mol. The maximum Gasteiger partial charge on any atom is 0.337 e. The average Bonchev–Trinajstić information content (AvgIpc) is 2.46. The maximum absolute atomic E-state index is 11.6. The molecule has 0 fully saturated rings. The number of halogens is 3. The Kier molecular flexibility index (Phi) is 5.24. The minimum atomic E-state index is -0.352. The van der Waals surface area contributed by atoms with Gasteiger partial charge >= 0.3 is 5.97 Å². The van der Waals surface area contributed by atoms with Crippen LogP contribution in [-0.2, 0) is 4.74 Å². The van der Waals surface area contributed by atoms with Gasteiger partial charge in [-0.3, -0.25) is 0 Å². The molecular formula is C15H11Br2ClO2. The minimum absolute atomic E-state index is 0.0646. The van der Waals surface area contributed by atoms with Crippen LogP contribution < -0.4 is 0 Å². The minimum Gasteiger partial charge on any atom is -0.465 e. The number of carbonyl (C=O) groups excluding carboxylic acids is 1. The molecule has 104 valence electrons. The quantitative estimate of drug-likeness (QED) is 0.480. The zero-order valence-electron chi connectivity index (χ0n) is 10.6. The van der Waals surface area contributed by atoms with Crippen molar-refractivity contribution in [3.8, 4) is 11.1 Å². The summed E-state index contributed by atoms with van der Waals surface area (Å²) in [6.45, 7) is 0. The number of carbonyl (C=O) groups is 1. The van der Waals surface area contributed by atoms with E-state index in [9.17, 15) is 4.79 Å². The first-order valence-electron chi connectivity index (χ1n) is 5.79. The molecule has 0 radical (unpaired) electrons. The lowest BCUT2D eigenvalue weighted by molar-refractivity contribution is 0.0600. The molecule has 5 heteroatoms. The molecule has 0 N–H and O–H groups in total. The fourth-order valence-electron chi connectivity index (χ4n) is 1.88. The van der Waals surface area contributed by atoms with Gasteiger partial charge in [-0.2, -0.15) is 0 Å². The molecule has 2 rings (SSSR count). The van der Waals surface area contributed by atoms with E-state index in [1.165, 1.54) is 7.11 Å². The van der Waals surface area contributed by atoms with Gasteiger partial charge in [-0.25, -0.2) is 4.79 Å². The second-order valence-corrected chi connectivity index (χ2v) is 7.60. The highest BCUT2D eigenvalue weighted by Gasteiger charge is 2.15. The Hall–Kier alpha value is -0.840. The predicted molar refractivity (Wildman–Crippen MR) is 88.8 cm³/mol. The Morgan fingerprint density at radius 1 is 1.15 bits per heavy atom. The molecule has 0 aliphatic heterocycles. The number of hydrogen-bond donors (Lipinski definition) is 0. The Balaban J connectivity index is 2.53. The summed E-state index contributed by atoms with van der Waals surface area (Å²) in [7, 11) is 1.37. The fraction of sp³-hybridized carbons (Fsp3) is 0.133. The van der Waals surface area contributed by atoms with Gasteiger partial charge in [0.2, 0.25) is 0 Å². The van der Waals surface area contributed by atoms with E-state index >= 15 is 0 Å². The molecule has 0 saturated carbocycles. The Bertz CT molecular complexity index is 624. The number of hydrogen-bond acceptors (Lipinski definition) is 2. The van der Waals surface area contributed by atoms with Crippen LogP contribution >= 0.6 is 43.5 Å². The third-order valence-corrected chi connectivity index (χ3v) is 4.10. The first kappa shape index (κ1) is 15.5. The third-order valence-electron chi connectivity index (χ3n) is 2.86. The summed E-state index contributed by atoms with van der Waals surface area (Å²) in [6, 6.07) is 13.0. The highest BCUT2D eigenvalue weighted by Crippen LogP contribution is 2.37. The van der Waals surface area contributed by atoms with Crippen molar-refractivity contribution in [2.24, 2.45) is 0 Å². The zero-order chi connectivity index (χ0) is 14.7. The topological polar surface area (TPSA) is 26.3 Å². The summed E-state index contributed by atoms with van der Waals surface area (Å²) in [4.78, 5) is 11.6. The van der Waals surface area contributed by atoms with Gasteiger partial charge in [-0.05, 0) is 41.0 Å². The Labute approximate surface area is 139 Å². The van der Waals surface area contributed by atoms with E-state index in [1.54, 1.807) is 6.07 Å². The maximum atomic E-state index is 11.6. The van der Waals surface area contributed by atoms with Gasteiger partial charge in [-0.1, -0.05) is 61.7 Å². The van der Waals surface area contributed by atoms with Crippen molar-refractivity contribution in [2.75, 3.05) is 7.11 Å². The number of methoxy groups -OCH3 is 1. The van der Waals surface area contributed by atoms with Crippen LogP contribution in [0.4, 0.5) is 0 Å². The van der Waals surface area contributed by atoms with Crippen LogP contribution in [0, 0.1) is 0 Å². The van der Waals surface area contributed by atoms with E-state index in [4.69, 9.17) is 16.3 Å². The summed E-state index contributed by atoms with van der Waals surface area (Å²) in [5.41, 5.74) is 3.53. The standard InChI is InChI=1S/C15H11Br2ClO2/c1-20-15(19)10-4-7-12(13(8-10)14(16)17)9-2-5-11(18)6-3-9/h2-8,14H,1H3. The van der Waals surface area contributed by atoms with Crippen molar-refractivity contribution in [1.29, 1.82) is 0 Å². The molecule has 0 unspecified atom stereocenters. The molecule has 0 saturated heterocycles. The first-order valence-corrected chi connectivity index (χ1v) is 8.00. The summed E-state index contributed by atoms with van der Waals surface area (Å²) < 4.78 is 4.68. The second-order valence-electron chi connectivity index (χ2n) is 4.10. The monoisotopic (exact) mass is 416 g/mol. The molecule has 2 aromatic rings. The van der Waals surface area contributed by atoms with Crippen LogP contribution in [0.2, 0.25) is 5.02 Å². The molecule has 0 aliphatic rings. The van der Waals surface area contributed by atoms with E-state index in [2.05, 4.69) is 31.9 Å². The summed E-state index contributed by atoms with van der Waals surface area (Å²) >= 11 is 12.9. The second kappa shape index (κ2) is 6.74. The number of alkyl halides is 2. The Morgan fingerprint density at radius 3 is 2.35 bits per heavy atom. The molecular weight excluding hydrogens is 407 g/mol. The van der Waals surface area contributed by atoms with E-state index < -0.39 is 0 Å². The molecule has 2 nitrogen and oxygen atoms in total. The molecule has 20 heavy (non-hydrogen) atoms. The molecule has 2 aromatic carbocycles. The molecule has 0 spiro atoms. The lowest BCUT2D eigenvalue weighted by Gasteiger charge is -2.12. The van der Waals surface area contributed by atoms with Crippen LogP contribution in [0.25, 0.3) is 11.1 Å². The van der Waals surface area contributed by atoms with Crippen molar-refractivity contribution >= 4 is 49.4 Å². The van der Waals surface area contributed by atoms with Gasteiger partial charge in [-0.15, -0.1) is 0 Å². The smallest absolute Gasteiger partial charge is 0.337 e. The molecule has 0 aliphatic carbocycles. The van der Waals surface area contributed by atoms with E-state index in [0.29, 0.717) is 10.6 Å². The van der Waals surface area contributed by atoms with Gasteiger partial charge in [0.1, 0.15) is 0 Å². The van der Waals surface area contributed by atoms with Crippen LogP contribution in [0.3, 0.4) is 0 Å². The molecule has 0 atom stereocenters. The van der Waals surface area contributed by atoms with Gasteiger partial charge in [0.15, 0.2) is 0 Å². The predicted octanol–water partition coefficient (Wildman–Crippen LogP) is 5.58. The normalized spacial score (nSPS) is 10.7. The largest absolute Gasteiger partial charge is 0.465 e. The fourth-order valence-corrected chi connectivity index (χ4v) is 2.76. The van der Waals surface area contributed by atoms with E-state index in [0.717, 1.165) is 16.7 Å². The highest BCUT2D eigenvalue weighted by atomic mass is 79.9. The van der Waals surface area contributed by atoms with Crippen LogP contribution in [0.1, 0.15) is 19.7 Å². The highest BCUT2D eigenvalue weighted by molar-refractivity contribution is 9.24. The number of benzene rings is 2. The van der Waals surface area contributed by atoms with Crippen molar-refractivity contribution in [3.63, 3.8) is 0 Å². The Morgan fingerprint density at radius 2 is 1.80 bits per heavy atom. The van der Waals surface area contributed by atoms with E-state index in [-0.39, 0.29) is 9.71 Å².